The second-order valence-electron chi connectivity index (χ2n) is 4.40. The normalized spacial score (nSPS) is 10.5. The van der Waals surface area contributed by atoms with Crippen LogP contribution in [0.5, 0.6) is 0 Å². The van der Waals surface area contributed by atoms with Gasteiger partial charge in [-0.1, -0.05) is 42.0 Å². The molecular weight excluding hydrogens is 228 g/mol. The van der Waals surface area contributed by atoms with E-state index in [9.17, 15) is 0 Å². The van der Waals surface area contributed by atoms with Crippen molar-refractivity contribution in [1.82, 2.24) is 9.97 Å². The maximum Gasteiger partial charge on any atom is 0.132 e. The predicted molar refractivity (Wildman–Crippen MR) is 72.9 cm³/mol. The van der Waals surface area contributed by atoms with Crippen LogP contribution in [0.2, 0.25) is 0 Å². The van der Waals surface area contributed by atoms with Gasteiger partial charge in [-0.3, -0.25) is 0 Å². The van der Waals surface area contributed by atoms with Crippen molar-refractivity contribution in [3.05, 3.63) is 57.1 Å². The lowest BCUT2D eigenvalue weighted by Crippen LogP contribution is -2.01. The van der Waals surface area contributed by atoms with Gasteiger partial charge in [0.05, 0.1) is 0 Å². The van der Waals surface area contributed by atoms with Crippen LogP contribution < -0.4 is 0 Å². The van der Waals surface area contributed by atoms with Gasteiger partial charge in [0.25, 0.3) is 0 Å². The van der Waals surface area contributed by atoms with Gasteiger partial charge in [-0.2, -0.15) is 0 Å². The first-order chi connectivity index (χ1) is 8.06. The molecule has 0 fully saturated rings. The molecule has 2 rings (SSSR count). The first-order valence-corrected chi connectivity index (χ1v) is 6.09. The zero-order valence-electron chi connectivity index (χ0n) is 10.4. The van der Waals surface area contributed by atoms with E-state index in [1.807, 2.05) is 13.8 Å². The number of aryl methyl sites for hydroxylation is 2. The fourth-order valence-electron chi connectivity index (χ4n) is 1.69. The van der Waals surface area contributed by atoms with Crippen molar-refractivity contribution in [2.45, 2.75) is 27.2 Å². The average molecular weight is 244 g/mol. The number of nitrogens with zero attached hydrogens (tertiary/aromatic N) is 1. The molecular formula is C14H16N2S. The summed E-state index contributed by atoms with van der Waals surface area (Å²) in [7, 11) is 0. The molecule has 1 aromatic carbocycles. The minimum absolute atomic E-state index is 0.698. The highest BCUT2D eigenvalue weighted by Gasteiger charge is 2.02. The fraction of sp³-hybridized carbons (Fsp3) is 0.286. The molecule has 88 valence electrons. The van der Waals surface area contributed by atoms with Gasteiger partial charge >= 0.3 is 0 Å². The summed E-state index contributed by atoms with van der Waals surface area (Å²) in [5.74, 6) is 0.932. The van der Waals surface area contributed by atoms with E-state index in [2.05, 4.69) is 41.2 Å². The number of nitrogens with one attached hydrogen (secondary N) is 1. The van der Waals surface area contributed by atoms with Crippen molar-refractivity contribution in [1.29, 1.82) is 0 Å². The highest BCUT2D eigenvalue weighted by molar-refractivity contribution is 7.71. The Balaban J connectivity index is 2.30. The molecule has 3 heteroatoms. The quantitative estimate of drug-likeness (QED) is 0.817. The standard InChI is InChI=1S/C14H16N2S/c1-9-4-6-12(7-5-9)8-13-15-11(3)10(2)14(17)16-13/h4-7H,8H2,1-3H3,(H,15,16,17). The highest BCUT2D eigenvalue weighted by atomic mass is 32.1. The molecule has 0 aliphatic carbocycles. The summed E-state index contributed by atoms with van der Waals surface area (Å²) in [5.41, 5.74) is 4.69. The van der Waals surface area contributed by atoms with Crippen LogP contribution in [0.25, 0.3) is 0 Å². The van der Waals surface area contributed by atoms with Gasteiger partial charge in [-0.15, -0.1) is 0 Å². The van der Waals surface area contributed by atoms with Gasteiger partial charge in [0.1, 0.15) is 10.5 Å². The van der Waals surface area contributed by atoms with Gasteiger partial charge in [-0.05, 0) is 26.3 Å². The van der Waals surface area contributed by atoms with Crippen LogP contribution in [0.15, 0.2) is 24.3 Å². The molecule has 1 N–H and O–H groups in total. The monoisotopic (exact) mass is 244 g/mol. The van der Waals surface area contributed by atoms with Crippen molar-refractivity contribution < 1.29 is 0 Å². The molecule has 0 aliphatic heterocycles. The largest absolute Gasteiger partial charge is 0.347 e. The molecule has 1 aromatic heterocycles. The van der Waals surface area contributed by atoms with Crippen molar-refractivity contribution in [3.8, 4) is 0 Å². The fourth-order valence-corrected chi connectivity index (χ4v) is 1.95. The lowest BCUT2D eigenvalue weighted by atomic mass is 10.1. The average Bonchev–Trinajstić information content (AvgIpc) is 2.29. The molecule has 2 nitrogen and oxygen atoms in total. The van der Waals surface area contributed by atoms with Crippen molar-refractivity contribution in [3.63, 3.8) is 0 Å². The molecule has 0 aliphatic rings. The molecule has 1 heterocycles. The van der Waals surface area contributed by atoms with E-state index >= 15 is 0 Å². The summed E-state index contributed by atoms with van der Waals surface area (Å²) >= 11 is 5.23. The third-order valence-corrected chi connectivity index (χ3v) is 3.34. The van der Waals surface area contributed by atoms with E-state index in [0.717, 1.165) is 23.5 Å². The maximum absolute atomic E-state index is 5.23. The minimum Gasteiger partial charge on any atom is -0.347 e. The number of aromatic amines is 1. The van der Waals surface area contributed by atoms with E-state index in [-0.39, 0.29) is 0 Å². The Morgan fingerprint density at radius 2 is 1.76 bits per heavy atom. The molecule has 0 atom stereocenters. The Hall–Kier alpha value is -1.48. The summed E-state index contributed by atoms with van der Waals surface area (Å²) in [5, 5.41) is 0. The number of H-pyrrole nitrogens is 1. The second kappa shape index (κ2) is 4.80. The van der Waals surface area contributed by atoms with Gasteiger partial charge in [0.15, 0.2) is 0 Å². The molecule has 2 aromatic rings. The first-order valence-electron chi connectivity index (χ1n) is 5.68. The lowest BCUT2D eigenvalue weighted by Gasteiger charge is -2.06. The summed E-state index contributed by atoms with van der Waals surface area (Å²) in [4.78, 5) is 7.71. The van der Waals surface area contributed by atoms with E-state index < -0.39 is 0 Å². The molecule has 0 saturated carbocycles. The van der Waals surface area contributed by atoms with Crippen LogP contribution in [-0.4, -0.2) is 9.97 Å². The molecule has 0 spiro atoms. The molecule has 0 saturated heterocycles. The SMILES string of the molecule is Cc1ccc(Cc2nc(=S)c(C)c(C)[nH]2)cc1. The van der Waals surface area contributed by atoms with Crippen LogP contribution in [-0.2, 0) is 6.42 Å². The highest BCUT2D eigenvalue weighted by Crippen LogP contribution is 2.10. The Bertz CT molecular complexity index is 582. The van der Waals surface area contributed by atoms with Crippen molar-refractivity contribution >= 4 is 12.2 Å². The molecule has 17 heavy (non-hydrogen) atoms. The minimum atomic E-state index is 0.698. The summed E-state index contributed by atoms with van der Waals surface area (Å²) in [6, 6.07) is 8.49. The van der Waals surface area contributed by atoms with Gasteiger partial charge < -0.3 is 4.98 Å². The molecule has 0 bridgehead atoms. The Morgan fingerprint density at radius 1 is 1.12 bits per heavy atom. The number of benzene rings is 1. The maximum atomic E-state index is 5.23. The zero-order chi connectivity index (χ0) is 12.4. The van der Waals surface area contributed by atoms with E-state index in [1.54, 1.807) is 0 Å². The van der Waals surface area contributed by atoms with Crippen LogP contribution >= 0.6 is 12.2 Å². The number of aromatic nitrogens is 2. The zero-order valence-corrected chi connectivity index (χ0v) is 11.2. The third kappa shape index (κ3) is 2.80. The number of hydrogen-bond acceptors (Lipinski definition) is 2. The smallest absolute Gasteiger partial charge is 0.132 e. The Labute approximate surface area is 107 Å². The topological polar surface area (TPSA) is 28.7 Å². The van der Waals surface area contributed by atoms with E-state index in [0.29, 0.717) is 4.64 Å². The van der Waals surface area contributed by atoms with Gasteiger partial charge in [-0.25, -0.2) is 4.98 Å². The van der Waals surface area contributed by atoms with Crippen LogP contribution in [0.4, 0.5) is 0 Å². The van der Waals surface area contributed by atoms with Gasteiger partial charge in [0, 0.05) is 17.7 Å². The van der Waals surface area contributed by atoms with E-state index in [1.165, 1.54) is 11.1 Å². The Kier molecular flexibility index (Phi) is 3.38. The van der Waals surface area contributed by atoms with Crippen molar-refractivity contribution in [2.24, 2.45) is 0 Å². The Morgan fingerprint density at radius 3 is 2.35 bits per heavy atom. The molecule has 0 amide bonds. The third-order valence-electron chi connectivity index (χ3n) is 2.94. The second-order valence-corrected chi connectivity index (χ2v) is 4.79. The summed E-state index contributed by atoms with van der Waals surface area (Å²) < 4.78 is 0.698. The first kappa shape index (κ1) is 12.0. The van der Waals surface area contributed by atoms with Crippen LogP contribution in [0.1, 0.15) is 28.2 Å². The van der Waals surface area contributed by atoms with Crippen LogP contribution in [0.3, 0.4) is 0 Å². The lowest BCUT2D eigenvalue weighted by molar-refractivity contribution is 0.918. The molecule has 0 unspecified atom stereocenters. The predicted octanol–water partition coefficient (Wildman–Crippen LogP) is 3.66. The summed E-state index contributed by atoms with van der Waals surface area (Å²) in [6.07, 6.45) is 0.797. The number of hydrogen-bond donors (Lipinski definition) is 1. The van der Waals surface area contributed by atoms with Crippen LogP contribution in [0, 0.1) is 25.4 Å². The van der Waals surface area contributed by atoms with Gasteiger partial charge in [0.2, 0.25) is 0 Å². The summed E-state index contributed by atoms with van der Waals surface area (Å²) in [6.45, 7) is 6.12. The van der Waals surface area contributed by atoms with E-state index in [4.69, 9.17) is 12.2 Å². The molecule has 0 radical (unpaired) electrons. The number of rotatable bonds is 2. The van der Waals surface area contributed by atoms with Crippen molar-refractivity contribution in [2.75, 3.05) is 0 Å².